The van der Waals surface area contributed by atoms with E-state index in [4.69, 9.17) is 34.8 Å². The first-order valence-corrected chi connectivity index (χ1v) is 40.3. The van der Waals surface area contributed by atoms with Crippen LogP contribution in [0.3, 0.4) is 0 Å². The number of aliphatic hydroxyl groups is 4. The molecule has 1 saturated heterocycles. The number of hydrogen-bond donors (Lipinski definition) is 11. The third-order valence-electron chi connectivity index (χ3n) is 23.0. The fourth-order valence-corrected chi connectivity index (χ4v) is 19.4. The molecule has 14 rings (SSSR count). The molecule has 6 heterocycles. The predicted molar refractivity (Wildman–Crippen MR) is 427 cm³/mol. The van der Waals surface area contributed by atoms with E-state index >= 15 is 0 Å². The number of unbranched alkanes of at least 4 members (excludes halogenated alkanes) is 2. The molecule has 32 heteroatoms. The number of aliphatic hydroxyl groups excluding tert-OH is 4. The Bertz CT molecular complexity index is 4790. The quantitative estimate of drug-likeness (QED) is 0.0134. The molecule has 4 aliphatic carbocycles. The number of nitrogens with zero attached hydrogens (tertiary/aromatic N) is 7. The van der Waals surface area contributed by atoms with Crippen molar-refractivity contribution in [1.29, 1.82) is 0 Å². The molecule has 4 bridgehead atoms. The minimum atomic E-state index is -1.66. The third kappa shape index (κ3) is 19.3. The molecule has 4 aromatic carbocycles. The van der Waals surface area contributed by atoms with Gasteiger partial charge in [0.15, 0.2) is 10.8 Å². The van der Waals surface area contributed by atoms with Crippen molar-refractivity contribution in [3.8, 4) is 16.9 Å². The minimum absolute atomic E-state index is 0.0388. The van der Waals surface area contributed by atoms with Gasteiger partial charge >= 0.3 is 18.1 Å². The van der Waals surface area contributed by atoms with Gasteiger partial charge in [0.25, 0.3) is 17.7 Å². The van der Waals surface area contributed by atoms with Gasteiger partial charge < -0.3 is 81.3 Å². The van der Waals surface area contributed by atoms with Crippen LogP contribution in [0.2, 0.25) is 0 Å². The molecule has 4 saturated carbocycles. The van der Waals surface area contributed by atoms with Gasteiger partial charge in [0, 0.05) is 92.5 Å². The number of anilines is 3. The number of aromatic carboxylic acids is 1. The molecule has 2 unspecified atom stereocenters. The summed E-state index contributed by atoms with van der Waals surface area (Å²) in [4.78, 5) is 132. The second kappa shape index (κ2) is 35.4. The molecule has 7 aromatic rings. The summed E-state index contributed by atoms with van der Waals surface area (Å²) in [7, 11) is 0. The highest BCUT2D eigenvalue weighted by Crippen LogP contribution is 2.72. The number of ether oxygens (including phenoxy) is 4. The fourth-order valence-electron chi connectivity index (χ4n) is 18.6. The molecule has 3 aliphatic heterocycles. The fraction of sp³-hybridized carbons (Fsp3) is 0.476. The first-order valence-electron chi connectivity index (χ1n) is 39.4. The highest BCUT2D eigenvalue weighted by Gasteiger charge is 2.66. The van der Waals surface area contributed by atoms with E-state index in [-0.39, 0.29) is 110 Å². The lowest BCUT2D eigenvalue weighted by Crippen LogP contribution is -2.64. The summed E-state index contributed by atoms with van der Waals surface area (Å²) in [6.45, 7) is 11.3. The predicted octanol–water partition coefficient (Wildman–Crippen LogP) is 8.03. The van der Waals surface area contributed by atoms with Crippen molar-refractivity contribution in [3.63, 3.8) is 0 Å². The number of nitrogens with two attached hydrogens (primary N) is 1. The molecule has 3 aromatic heterocycles. The maximum absolute atomic E-state index is 14.6. The number of para-hydroxylation sites is 1. The second-order valence-corrected chi connectivity index (χ2v) is 33.8. The van der Waals surface area contributed by atoms with Gasteiger partial charge in [-0.05, 0) is 177 Å². The molecular formula is C84H101N13O18S. The van der Waals surface area contributed by atoms with Crippen LogP contribution in [0.5, 0.6) is 5.75 Å². The van der Waals surface area contributed by atoms with Crippen LogP contribution >= 0.6 is 11.3 Å². The smallest absolute Gasteiger partial charge is 0.410 e. The van der Waals surface area contributed by atoms with Crippen molar-refractivity contribution in [2.45, 2.75) is 193 Å². The average molecular weight is 1610 g/mol. The van der Waals surface area contributed by atoms with Gasteiger partial charge in [0.05, 0.1) is 35.2 Å². The third-order valence-corrected chi connectivity index (χ3v) is 24.0. The summed E-state index contributed by atoms with van der Waals surface area (Å²) < 4.78 is 27.7. The number of carbonyl (C=O) groups excluding carboxylic acids is 8. The number of benzene rings is 4. The highest BCUT2D eigenvalue weighted by atomic mass is 32.1. The first kappa shape index (κ1) is 83.2. The lowest BCUT2D eigenvalue weighted by molar-refractivity contribution is -0.277. The monoisotopic (exact) mass is 1610 g/mol. The van der Waals surface area contributed by atoms with Gasteiger partial charge in [-0.3, -0.25) is 43.7 Å². The molecule has 5 fully saturated rings. The van der Waals surface area contributed by atoms with Crippen LogP contribution in [-0.2, 0) is 70.8 Å². The summed E-state index contributed by atoms with van der Waals surface area (Å²) in [5, 5.41) is 71.6. The van der Waals surface area contributed by atoms with Crippen molar-refractivity contribution in [2.75, 3.05) is 54.9 Å². The number of fused-ring (bicyclic) bond motifs is 2. The van der Waals surface area contributed by atoms with E-state index in [9.17, 15) is 68.7 Å². The maximum atomic E-state index is 14.6. The minimum Gasteiger partial charge on any atom is -0.476 e. The molecule has 31 nitrogen and oxygen atoms in total. The van der Waals surface area contributed by atoms with Crippen LogP contribution in [0.15, 0.2) is 121 Å². The van der Waals surface area contributed by atoms with E-state index in [0.29, 0.717) is 96.2 Å². The standard InChI is InChI=1S/C84H101N13O18S/c1-49(2)68(92-65(99)18-7-6-10-33-96-66(100)29-30-67(96)101)75(107)89-61(16-12-32-86-78(85)110)74(106)88-54-23-19-52(20-24-54)41-112-80(111)95(38-51-21-25-55(26-22-51)114-77-72(104)71(103)70(102)62(40-98)115-77)35-36-113-84-45-81(4)42-82(5,46-84)44-83(43-81,47-84)48-97-50(3)58(37-87-97)56-27-28-64(91-69(56)76(108)109)94-34-31-53-13-11-14-57(59(53)39-94)73(105)93-79-90-60-15-8-9-17-63(60)116-79/h8-9,11,13-15,17,19-30,37,49,61-62,68,70-72,77,98,102-104H,6-7,10,12,16,18,31-36,38-48H2,1-5H3,(H,88,106)(H,89,107)(H,92,99)(H,108,109)(H3,85,86,110)(H,90,93,105)/t61-,62+,68-,70+,71+,72+,77+,81?,82?,83?,84?/m0/s1. The Morgan fingerprint density at radius 3 is 2.22 bits per heavy atom. The van der Waals surface area contributed by atoms with Crippen LogP contribution < -0.4 is 42.0 Å². The van der Waals surface area contributed by atoms with Crippen molar-refractivity contribution in [1.82, 2.24) is 45.5 Å². The Hall–Kier alpha value is -10.7. The molecule has 0 spiro atoms. The van der Waals surface area contributed by atoms with E-state index < -0.39 is 90.8 Å². The van der Waals surface area contributed by atoms with Crippen LogP contribution in [0.25, 0.3) is 21.3 Å². The number of carboxylic acids is 1. The van der Waals surface area contributed by atoms with Gasteiger partial charge in [0.1, 0.15) is 54.7 Å². The molecule has 9 atom stereocenters. The Morgan fingerprint density at radius 2 is 1.51 bits per heavy atom. The molecule has 7 aliphatic rings. The van der Waals surface area contributed by atoms with Crippen LogP contribution in [0, 0.1) is 29.1 Å². The average Bonchev–Trinajstić information content (AvgIpc) is 1.08. The van der Waals surface area contributed by atoms with Gasteiger partial charge in [0.2, 0.25) is 24.0 Å². The van der Waals surface area contributed by atoms with Crippen LogP contribution in [0.1, 0.15) is 154 Å². The summed E-state index contributed by atoms with van der Waals surface area (Å²) in [5.74, 6) is -3.52. The van der Waals surface area contributed by atoms with Crippen LogP contribution in [0.4, 0.5) is 26.2 Å². The summed E-state index contributed by atoms with van der Waals surface area (Å²) >= 11 is 1.40. The number of carboxylic acid groups (broad SMARTS) is 1. The molecule has 116 heavy (non-hydrogen) atoms. The normalized spacial score (nSPS) is 23.7. The SMILES string of the molecule is Cc1c(-c2ccc(N3CCc4cccc(C(=O)Nc5nc6ccccc6s5)c4C3)nc2C(=O)O)cnn1CC12CC3(C)CC(C)(C1)CC(OCCN(Cc1ccc(O[C@@H]4O[C@H](CO)[C@@H](O)[C@@H](O)[C@H]4O)cc1)C(=O)OCc1ccc(NC(=O)[C@H](CCCNC(N)=O)NC(=O)[C@@H](NC(=O)CCCCCN4C(=O)C=CC4=O)C(C)C)cc1)(C3)C2. The van der Waals surface area contributed by atoms with Gasteiger partial charge in [-0.2, -0.15) is 5.10 Å². The zero-order valence-electron chi connectivity index (χ0n) is 65.6. The topological polar surface area (TPSA) is 431 Å². The van der Waals surface area contributed by atoms with E-state index in [1.54, 1.807) is 80.7 Å². The van der Waals surface area contributed by atoms with Gasteiger partial charge in [-0.15, -0.1) is 0 Å². The van der Waals surface area contributed by atoms with Crippen molar-refractivity contribution < 1.29 is 87.6 Å². The number of hydrogen-bond acceptors (Lipinski definition) is 22. The maximum Gasteiger partial charge on any atom is 0.410 e. The lowest BCUT2D eigenvalue weighted by Gasteiger charge is -2.69. The summed E-state index contributed by atoms with van der Waals surface area (Å²) in [6, 6.07) is 27.3. The van der Waals surface area contributed by atoms with E-state index in [0.717, 1.165) is 64.0 Å². The molecule has 9 amide bonds. The van der Waals surface area contributed by atoms with Crippen molar-refractivity contribution in [2.24, 2.45) is 27.9 Å². The van der Waals surface area contributed by atoms with E-state index in [2.05, 4.69) is 45.4 Å². The van der Waals surface area contributed by atoms with E-state index in [1.807, 2.05) is 59.0 Å². The largest absolute Gasteiger partial charge is 0.476 e. The zero-order valence-corrected chi connectivity index (χ0v) is 66.4. The van der Waals surface area contributed by atoms with Crippen molar-refractivity contribution in [3.05, 3.63) is 161 Å². The number of pyridine rings is 1. The van der Waals surface area contributed by atoms with Crippen LogP contribution in [-0.4, -0.2) is 196 Å². The van der Waals surface area contributed by atoms with Crippen molar-refractivity contribution >= 4 is 91.7 Å². The molecular weight excluding hydrogens is 1510 g/mol. The number of nitrogens with one attached hydrogen (secondary N) is 5. The number of amides is 9. The highest BCUT2D eigenvalue weighted by molar-refractivity contribution is 7.22. The number of aromatic nitrogens is 4. The zero-order chi connectivity index (χ0) is 82.4. The number of imide groups is 1. The van der Waals surface area contributed by atoms with Gasteiger partial charge in [-0.1, -0.05) is 94.0 Å². The molecule has 0 radical (unpaired) electrons. The Kier molecular flexibility index (Phi) is 25.4. The van der Waals surface area contributed by atoms with E-state index in [1.165, 1.54) is 28.4 Å². The Balaban J connectivity index is 0.665. The number of thiazole rings is 1. The number of carbonyl (C=O) groups is 9. The summed E-state index contributed by atoms with van der Waals surface area (Å²) in [6.07, 6.45) is 3.57. The number of primary amides is 1. The number of urea groups is 1. The van der Waals surface area contributed by atoms with Gasteiger partial charge in [-0.25, -0.2) is 24.4 Å². The molecule has 616 valence electrons. The Morgan fingerprint density at radius 1 is 0.776 bits per heavy atom. The first-order chi connectivity index (χ1) is 55.5. The Labute approximate surface area is 674 Å². The molecule has 12 N–H and O–H groups in total. The summed E-state index contributed by atoms with van der Waals surface area (Å²) in [5.41, 5.74) is 10.7. The lowest BCUT2D eigenvalue weighted by atomic mass is 9.39. The second-order valence-electron chi connectivity index (χ2n) is 32.8. The number of rotatable bonds is 34.